The van der Waals surface area contributed by atoms with Gasteiger partial charge in [0.2, 0.25) is 16.0 Å². The van der Waals surface area contributed by atoms with E-state index in [4.69, 9.17) is 0 Å². The van der Waals surface area contributed by atoms with E-state index in [0.717, 1.165) is 31.6 Å². The molecule has 1 saturated heterocycles. The van der Waals surface area contributed by atoms with Crippen LogP contribution in [-0.4, -0.2) is 36.7 Å². The maximum atomic E-state index is 11.7. The smallest absolute Gasteiger partial charge is 0.225 e. The van der Waals surface area contributed by atoms with Crippen molar-refractivity contribution < 1.29 is 8.42 Å². The first-order valence-electron chi connectivity index (χ1n) is 6.70. The molecule has 2 heterocycles. The third-order valence-corrected chi connectivity index (χ3v) is 5.40. The van der Waals surface area contributed by atoms with Crippen molar-refractivity contribution in [3.63, 3.8) is 0 Å². The number of nitrogens with one attached hydrogen (secondary N) is 1. The molecule has 1 aliphatic heterocycles. The molecule has 1 aliphatic carbocycles. The fourth-order valence-electron chi connectivity index (χ4n) is 2.22. The van der Waals surface area contributed by atoms with Gasteiger partial charge in [0, 0.05) is 19.3 Å². The third-order valence-electron chi connectivity index (χ3n) is 3.51. The van der Waals surface area contributed by atoms with E-state index in [-0.39, 0.29) is 11.8 Å². The quantitative estimate of drug-likeness (QED) is 0.858. The monoisotopic (exact) mass is 282 g/mol. The van der Waals surface area contributed by atoms with Crippen LogP contribution in [-0.2, 0) is 16.6 Å². The van der Waals surface area contributed by atoms with E-state index in [1.54, 1.807) is 12.3 Å². The average molecular weight is 282 g/mol. The largest absolute Gasteiger partial charge is 0.341 e. The van der Waals surface area contributed by atoms with Crippen molar-refractivity contribution in [2.45, 2.75) is 37.5 Å². The Morgan fingerprint density at radius 1 is 1.32 bits per heavy atom. The van der Waals surface area contributed by atoms with Gasteiger partial charge in [-0.05, 0) is 31.7 Å². The second-order valence-electron chi connectivity index (χ2n) is 5.11. The summed E-state index contributed by atoms with van der Waals surface area (Å²) in [6.45, 7) is 2.22. The highest BCUT2D eigenvalue weighted by Crippen LogP contribution is 2.27. The second kappa shape index (κ2) is 5.05. The summed E-state index contributed by atoms with van der Waals surface area (Å²) in [7, 11) is -3.14. The molecule has 0 aromatic carbocycles. The van der Waals surface area contributed by atoms with Gasteiger partial charge in [-0.2, -0.15) is 0 Å². The van der Waals surface area contributed by atoms with Crippen LogP contribution in [0.1, 0.15) is 31.4 Å². The van der Waals surface area contributed by atoms with Crippen LogP contribution in [0.25, 0.3) is 0 Å². The van der Waals surface area contributed by atoms with E-state index in [1.807, 2.05) is 0 Å². The molecule has 1 aromatic rings. The minimum Gasteiger partial charge on any atom is -0.341 e. The summed E-state index contributed by atoms with van der Waals surface area (Å²) in [5, 5.41) is -0.188. The molecule has 2 fully saturated rings. The summed E-state index contributed by atoms with van der Waals surface area (Å²) in [4.78, 5) is 10.8. The number of rotatable bonds is 5. The highest BCUT2D eigenvalue weighted by Gasteiger charge is 2.35. The Hall–Kier alpha value is -1.21. The summed E-state index contributed by atoms with van der Waals surface area (Å²) in [6.07, 6.45) is 5.58. The molecule has 7 heteroatoms. The molecule has 19 heavy (non-hydrogen) atoms. The summed E-state index contributed by atoms with van der Waals surface area (Å²) in [6, 6.07) is 1.76. The zero-order valence-corrected chi connectivity index (χ0v) is 11.6. The molecule has 1 N–H and O–H groups in total. The molecule has 2 aliphatic rings. The summed E-state index contributed by atoms with van der Waals surface area (Å²) in [5.41, 5.74) is 0.723. The molecule has 1 aromatic heterocycles. The molecule has 0 radical (unpaired) electrons. The summed E-state index contributed by atoms with van der Waals surface area (Å²) < 4.78 is 26.1. The van der Waals surface area contributed by atoms with Gasteiger partial charge in [-0.1, -0.05) is 0 Å². The van der Waals surface area contributed by atoms with Gasteiger partial charge in [0.05, 0.1) is 17.5 Å². The van der Waals surface area contributed by atoms with E-state index < -0.39 is 10.0 Å². The minimum absolute atomic E-state index is 0.188. The SMILES string of the molecule is O=S(=O)(NCc1ccnc(N2CCCC2)n1)C1CC1. The first-order valence-corrected chi connectivity index (χ1v) is 8.25. The molecule has 0 unspecified atom stereocenters. The van der Waals surface area contributed by atoms with E-state index >= 15 is 0 Å². The molecule has 0 bridgehead atoms. The molecule has 0 amide bonds. The van der Waals surface area contributed by atoms with Gasteiger partial charge >= 0.3 is 0 Å². The Morgan fingerprint density at radius 2 is 2.05 bits per heavy atom. The van der Waals surface area contributed by atoms with Crippen LogP contribution in [0.15, 0.2) is 12.3 Å². The first-order chi connectivity index (χ1) is 9.15. The van der Waals surface area contributed by atoms with Crippen LogP contribution in [0, 0.1) is 0 Å². The van der Waals surface area contributed by atoms with Gasteiger partial charge in [-0.3, -0.25) is 0 Å². The third kappa shape index (κ3) is 3.03. The van der Waals surface area contributed by atoms with Gasteiger partial charge in [-0.15, -0.1) is 0 Å². The maximum Gasteiger partial charge on any atom is 0.225 e. The highest BCUT2D eigenvalue weighted by atomic mass is 32.2. The maximum absolute atomic E-state index is 11.7. The van der Waals surface area contributed by atoms with Crippen LogP contribution >= 0.6 is 0 Å². The molecule has 1 saturated carbocycles. The number of sulfonamides is 1. The standard InChI is InChI=1S/C12H18N4O2S/c17-19(18,11-3-4-11)14-9-10-5-6-13-12(15-10)16-7-1-2-8-16/h5-6,11,14H,1-4,7-9H2. The summed E-state index contributed by atoms with van der Waals surface area (Å²) >= 11 is 0. The van der Waals surface area contributed by atoms with Crippen LogP contribution in [0.3, 0.4) is 0 Å². The Labute approximate surface area is 113 Å². The van der Waals surface area contributed by atoms with E-state index in [2.05, 4.69) is 19.6 Å². The van der Waals surface area contributed by atoms with Gasteiger partial charge in [0.15, 0.2) is 0 Å². The topological polar surface area (TPSA) is 75.2 Å². The Morgan fingerprint density at radius 3 is 2.74 bits per heavy atom. The number of hydrogen-bond donors (Lipinski definition) is 1. The van der Waals surface area contributed by atoms with Crippen molar-refractivity contribution in [1.82, 2.24) is 14.7 Å². The van der Waals surface area contributed by atoms with Gasteiger partial charge < -0.3 is 4.90 Å². The van der Waals surface area contributed by atoms with Crippen molar-refractivity contribution in [1.29, 1.82) is 0 Å². The number of hydrogen-bond acceptors (Lipinski definition) is 5. The zero-order chi connectivity index (χ0) is 13.3. The van der Waals surface area contributed by atoms with Crippen molar-refractivity contribution >= 4 is 16.0 Å². The Bertz CT molecular complexity index is 551. The van der Waals surface area contributed by atoms with Crippen LogP contribution in [0.4, 0.5) is 5.95 Å². The van der Waals surface area contributed by atoms with Crippen LogP contribution in [0.2, 0.25) is 0 Å². The molecular weight excluding hydrogens is 264 g/mol. The molecule has 104 valence electrons. The van der Waals surface area contributed by atoms with Gasteiger partial charge in [0.25, 0.3) is 0 Å². The predicted octanol–water partition coefficient (Wildman–Crippen LogP) is 0.659. The van der Waals surface area contributed by atoms with Crippen molar-refractivity contribution in [2.24, 2.45) is 0 Å². The second-order valence-corrected chi connectivity index (χ2v) is 7.15. The summed E-state index contributed by atoms with van der Waals surface area (Å²) in [5.74, 6) is 0.709. The van der Waals surface area contributed by atoms with Crippen LogP contribution in [0.5, 0.6) is 0 Å². The van der Waals surface area contributed by atoms with Gasteiger partial charge in [0.1, 0.15) is 0 Å². The van der Waals surface area contributed by atoms with E-state index in [9.17, 15) is 8.42 Å². The molecule has 6 nitrogen and oxygen atoms in total. The first kappa shape index (κ1) is 12.8. The average Bonchev–Trinajstić information content (AvgIpc) is 3.14. The molecule has 0 atom stereocenters. The highest BCUT2D eigenvalue weighted by molar-refractivity contribution is 7.90. The van der Waals surface area contributed by atoms with Crippen molar-refractivity contribution in [3.8, 4) is 0 Å². The lowest BCUT2D eigenvalue weighted by molar-refractivity contribution is 0.579. The molecule has 0 spiro atoms. The van der Waals surface area contributed by atoms with Crippen LogP contribution < -0.4 is 9.62 Å². The molecule has 3 rings (SSSR count). The van der Waals surface area contributed by atoms with Crippen molar-refractivity contribution in [2.75, 3.05) is 18.0 Å². The number of aromatic nitrogens is 2. The fourth-order valence-corrected chi connectivity index (χ4v) is 3.56. The molecular formula is C12H18N4O2S. The Balaban J connectivity index is 1.66. The van der Waals surface area contributed by atoms with E-state index in [0.29, 0.717) is 5.95 Å². The zero-order valence-electron chi connectivity index (χ0n) is 10.7. The predicted molar refractivity (Wildman–Crippen MR) is 72.3 cm³/mol. The lowest BCUT2D eigenvalue weighted by Crippen LogP contribution is -2.27. The van der Waals surface area contributed by atoms with E-state index in [1.165, 1.54) is 12.8 Å². The number of nitrogens with zero attached hydrogens (tertiary/aromatic N) is 3. The normalized spacial score (nSPS) is 19.9. The Kier molecular flexibility index (Phi) is 3.40. The lowest BCUT2D eigenvalue weighted by atomic mass is 10.4. The van der Waals surface area contributed by atoms with Crippen molar-refractivity contribution in [3.05, 3.63) is 18.0 Å². The minimum atomic E-state index is -3.14. The lowest BCUT2D eigenvalue weighted by Gasteiger charge is -2.15. The van der Waals surface area contributed by atoms with Gasteiger partial charge in [-0.25, -0.2) is 23.1 Å². The number of anilines is 1. The fraction of sp³-hybridized carbons (Fsp3) is 0.667.